The van der Waals surface area contributed by atoms with Gasteiger partial charge in [-0.2, -0.15) is 9.97 Å². The normalized spacial score (nSPS) is 20.8. The van der Waals surface area contributed by atoms with E-state index in [1.807, 2.05) is 6.20 Å². The zero-order chi connectivity index (χ0) is 30.2. The van der Waals surface area contributed by atoms with E-state index in [1.54, 1.807) is 0 Å². The molecule has 11 heteroatoms. The van der Waals surface area contributed by atoms with E-state index in [2.05, 4.69) is 64.1 Å². The highest BCUT2D eigenvalue weighted by atomic mass is 19.1. The van der Waals surface area contributed by atoms with E-state index in [4.69, 9.17) is 21.3 Å². The van der Waals surface area contributed by atoms with Gasteiger partial charge in [0.2, 0.25) is 6.54 Å². The first-order valence-electron chi connectivity index (χ1n) is 15.0. The highest BCUT2D eigenvalue weighted by Crippen LogP contribution is 2.37. The Bertz CT molecular complexity index is 1600. The van der Waals surface area contributed by atoms with Crippen LogP contribution in [0.3, 0.4) is 0 Å². The lowest BCUT2D eigenvalue weighted by Gasteiger charge is -2.41. The van der Waals surface area contributed by atoms with Crippen molar-refractivity contribution in [2.45, 2.75) is 51.7 Å². The molecule has 6 rings (SSSR count). The van der Waals surface area contributed by atoms with Crippen molar-refractivity contribution in [2.75, 3.05) is 62.7 Å². The predicted molar refractivity (Wildman–Crippen MR) is 165 cm³/mol. The number of H-pyrrole nitrogens is 1. The van der Waals surface area contributed by atoms with Gasteiger partial charge in [-0.1, -0.05) is 6.58 Å². The van der Waals surface area contributed by atoms with Gasteiger partial charge in [0.05, 0.1) is 12.2 Å². The molecule has 3 aliphatic rings. The van der Waals surface area contributed by atoms with E-state index in [-0.39, 0.29) is 13.1 Å². The Morgan fingerprint density at radius 2 is 2.05 bits per heavy atom. The number of likely N-dealkylation sites (N-methyl/N-ethyl adjacent to an activating group) is 1. The minimum atomic E-state index is -1.00. The molecule has 0 radical (unpaired) electrons. The summed E-state index contributed by atoms with van der Waals surface area (Å²) in [5, 5.41) is 1.19. The van der Waals surface area contributed by atoms with Gasteiger partial charge in [0.15, 0.2) is 5.83 Å². The SMILES string of the molecule is [C-]#[N+]C[C@H]1CN(c2nc(OC[C@@H]3CCCN3C)nc3c2CCN(c2c(C)c(C)cc4[nH]ccc24)C3)CCN1C(=O)C(=C)F. The van der Waals surface area contributed by atoms with Crippen LogP contribution < -0.4 is 14.5 Å². The van der Waals surface area contributed by atoms with Gasteiger partial charge < -0.3 is 34.2 Å². The van der Waals surface area contributed by atoms with Crippen molar-refractivity contribution in [3.8, 4) is 6.01 Å². The summed E-state index contributed by atoms with van der Waals surface area (Å²) in [4.78, 5) is 37.6. The standard InChI is InChI=1S/C32H39FN8O2/c1-20-15-27-25(8-10-35-27)29(21(20)2)39-12-9-26-28(18-39)36-32(43-19-23-7-6-11-38(23)5)37-30(26)40-13-14-41(31(42)22(3)33)24(17-40)16-34-4/h8,10,15,23-24,35H,3,6-7,9,11-14,16-19H2,1-2,5H3/t23-,24-/m0/s1. The summed E-state index contributed by atoms with van der Waals surface area (Å²) in [6.45, 7) is 19.2. The Morgan fingerprint density at radius 1 is 1.21 bits per heavy atom. The number of hydrogen-bond donors (Lipinski definition) is 1. The van der Waals surface area contributed by atoms with Crippen molar-refractivity contribution in [2.24, 2.45) is 0 Å². The van der Waals surface area contributed by atoms with Gasteiger partial charge in [0.25, 0.3) is 5.91 Å². The number of benzene rings is 1. The number of carbonyl (C=O) groups is 1. The number of hydrogen-bond acceptors (Lipinski definition) is 7. The number of nitrogens with one attached hydrogen (secondary N) is 1. The van der Waals surface area contributed by atoms with Crippen LogP contribution in [0.4, 0.5) is 15.9 Å². The van der Waals surface area contributed by atoms with E-state index in [1.165, 1.54) is 27.1 Å². The first-order chi connectivity index (χ1) is 20.7. The van der Waals surface area contributed by atoms with Crippen LogP contribution in [-0.4, -0.2) is 95.7 Å². The van der Waals surface area contributed by atoms with Crippen LogP contribution in [0.15, 0.2) is 30.7 Å². The van der Waals surface area contributed by atoms with Crippen LogP contribution in [0.5, 0.6) is 6.01 Å². The number of nitrogens with zero attached hydrogens (tertiary/aromatic N) is 7. The van der Waals surface area contributed by atoms with Gasteiger partial charge in [0, 0.05) is 60.6 Å². The first kappa shape index (κ1) is 28.9. The maximum atomic E-state index is 13.8. The number of likely N-dealkylation sites (tertiary alicyclic amines) is 1. The number of ether oxygens (including phenoxy) is 1. The van der Waals surface area contributed by atoms with Gasteiger partial charge in [-0.25, -0.2) is 11.0 Å². The zero-order valence-electron chi connectivity index (χ0n) is 25.2. The lowest BCUT2D eigenvalue weighted by atomic mass is 9.99. The van der Waals surface area contributed by atoms with E-state index >= 15 is 0 Å². The minimum absolute atomic E-state index is 0.0766. The summed E-state index contributed by atoms with van der Waals surface area (Å²) in [6, 6.07) is 4.53. The van der Waals surface area contributed by atoms with Crippen molar-refractivity contribution in [1.29, 1.82) is 0 Å². The smallest absolute Gasteiger partial charge is 0.318 e. The molecule has 0 saturated carbocycles. The van der Waals surface area contributed by atoms with E-state index in [0.717, 1.165) is 54.9 Å². The molecule has 226 valence electrons. The number of carbonyl (C=O) groups excluding carboxylic acids is 1. The molecule has 5 heterocycles. The average molecular weight is 587 g/mol. The lowest BCUT2D eigenvalue weighted by molar-refractivity contribution is -0.131. The summed E-state index contributed by atoms with van der Waals surface area (Å²) in [5.74, 6) is -0.963. The Balaban J connectivity index is 1.35. The molecule has 0 aliphatic carbocycles. The van der Waals surface area contributed by atoms with E-state index < -0.39 is 17.8 Å². The molecule has 2 aromatic heterocycles. The molecule has 1 amide bonds. The molecule has 1 N–H and O–H groups in total. The molecule has 1 aromatic carbocycles. The summed E-state index contributed by atoms with van der Waals surface area (Å²) in [5.41, 5.74) is 6.81. The van der Waals surface area contributed by atoms with Gasteiger partial charge in [-0.15, -0.1) is 0 Å². The van der Waals surface area contributed by atoms with Crippen LogP contribution in [0, 0.1) is 20.4 Å². The summed E-state index contributed by atoms with van der Waals surface area (Å²) in [7, 11) is 2.12. The summed E-state index contributed by atoms with van der Waals surface area (Å²) in [6.07, 6.45) is 4.95. The topological polar surface area (TPSA) is 85.2 Å². The Morgan fingerprint density at radius 3 is 2.79 bits per heavy atom. The van der Waals surface area contributed by atoms with Crippen molar-refractivity contribution < 1.29 is 13.9 Å². The number of fused-ring (bicyclic) bond motifs is 2. The fourth-order valence-electron chi connectivity index (χ4n) is 6.83. The molecule has 43 heavy (non-hydrogen) atoms. The molecule has 10 nitrogen and oxygen atoms in total. The minimum Gasteiger partial charge on any atom is -0.462 e. The van der Waals surface area contributed by atoms with E-state index in [0.29, 0.717) is 38.3 Å². The first-order valence-corrected chi connectivity index (χ1v) is 15.0. The van der Waals surface area contributed by atoms with Crippen molar-refractivity contribution >= 4 is 28.3 Å². The number of aromatic nitrogens is 3. The van der Waals surface area contributed by atoms with Gasteiger partial charge in [-0.05, 0) is 70.0 Å². The molecule has 2 fully saturated rings. The van der Waals surface area contributed by atoms with Crippen LogP contribution in [-0.2, 0) is 17.8 Å². The highest BCUT2D eigenvalue weighted by molar-refractivity contribution is 5.95. The van der Waals surface area contributed by atoms with Crippen LogP contribution in [0.2, 0.25) is 0 Å². The van der Waals surface area contributed by atoms with Crippen LogP contribution in [0.25, 0.3) is 15.7 Å². The number of amides is 1. The number of anilines is 2. The van der Waals surface area contributed by atoms with E-state index in [9.17, 15) is 9.18 Å². The Hall–Kier alpha value is -4.17. The quantitative estimate of drug-likeness (QED) is 0.331. The monoisotopic (exact) mass is 586 g/mol. The number of halogens is 1. The molecule has 3 aromatic rings. The average Bonchev–Trinajstić information content (AvgIpc) is 3.63. The number of piperazine rings is 1. The molecule has 2 atom stereocenters. The van der Waals surface area contributed by atoms with Gasteiger partial charge in [0.1, 0.15) is 18.5 Å². The third kappa shape index (κ3) is 5.52. The molecule has 0 bridgehead atoms. The second-order valence-corrected chi connectivity index (χ2v) is 12.0. The Kier molecular flexibility index (Phi) is 7.97. The second-order valence-electron chi connectivity index (χ2n) is 12.0. The van der Waals surface area contributed by atoms with Gasteiger partial charge in [-0.3, -0.25) is 4.79 Å². The fraction of sp³-hybridized carbons (Fsp3) is 0.500. The third-order valence-electron chi connectivity index (χ3n) is 9.33. The molecule has 3 aliphatic heterocycles. The molecule has 0 spiro atoms. The fourth-order valence-corrected chi connectivity index (χ4v) is 6.83. The Labute approximate surface area is 251 Å². The molecule has 0 unspecified atom stereocenters. The number of aryl methyl sites for hydroxylation is 1. The number of aromatic amines is 1. The third-order valence-corrected chi connectivity index (χ3v) is 9.33. The largest absolute Gasteiger partial charge is 0.462 e. The van der Waals surface area contributed by atoms with Crippen molar-refractivity contribution in [3.63, 3.8) is 0 Å². The second kappa shape index (κ2) is 11.8. The summed E-state index contributed by atoms with van der Waals surface area (Å²) < 4.78 is 20.1. The van der Waals surface area contributed by atoms with Crippen molar-refractivity contribution in [1.82, 2.24) is 24.8 Å². The van der Waals surface area contributed by atoms with Crippen LogP contribution in [0.1, 0.15) is 35.2 Å². The predicted octanol–water partition coefficient (Wildman–Crippen LogP) is 4.03. The maximum absolute atomic E-state index is 13.8. The maximum Gasteiger partial charge on any atom is 0.318 e. The summed E-state index contributed by atoms with van der Waals surface area (Å²) >= 11 is 0. The molecule has 2 saturated heterocycles. The molecular formula is C32H39FN8O2. The van der Waals surface area contributed by atoms with Gasteiger partial charge >= 0.3 is 6.01 Å². The van der Waals surface area contributed by atoms with Crippen LogP contribution >= 0.6 is 0 Å². The lowest BCUT2D eigenvalue weighted by Crippen LogP contribution is -2.57. The number of rotatable bonds is 7. The molecular weight excluding hydrogens is 547 g/mol. The zero-order valence-corrected chi connectivity index (χ0v) is 25.2. The highest BCUT2D eigenvalue weighted by Gasteiger charge is 2.36. The van der Waals surface area contributed by atoms with Crippen molar-refractivity contribution in [3.05, 3.63) is 64.5 Å².